The van der Waals surface area contributed by atoms with E-state index < -0.39 is 21.9 Å². The molecule has 0 spiro atoms. The van der Waals surface area contributed by atoms with Crippen LogP contribution in [0.2, 0.25) is 0 Å². The summed E-state index contributed by atoms with van der Waals surface area (Å²) in [6.07, 6.45) is 2.83. The lowest BCUT2D eigenvalue weighted by molar-refractivity contribution is 0.0525. The molecule has 3 heterocycles. The molecule has 1 aliphatic carbocycles. The Kier molecular flexibility index (Phi) is 5.51. The zero-order valence-corrected chi connectivity index (χ0v) is 19.5. The van der Waals surface area contributed by atoms with Crippen LogP contribution in [0.25, 0.3) is 0 Å². The zero-order chi connectivity index (χ0) is 24.0. The molecule has 5 rings (SSSR count). The van der Waals surface area contributed by atoms with Crippen LogP contribution >= 0.6 is 0 Å². The van der Waals surface area contributed by atoms with Crippen molar-refractivity contribution in [3.8, 4) is 0 Å². The molecule has 3 aliphatic rings. The van der Waals surface area contributed by atoms with E-state index in [0.717, 1.165) is 4.31 Å². The molecule has 2 fully saturated rings. The molecule has 0 unspecified atom stereocenters. The number of hydrogen-bond donors (Lipinski definition) is 0. The van der Waals surface area contributed by atoms with Crippen LogP contribution in [0.1, 0.15) is 50.8 Å². The van der Waals surface area contributed by atoms with Crippen LogP contribution in [0.3, 0.4) is 0 Å². The lowest BCUT2D eigenvalue weighted by atomic mass is 10.1. The van der Waals surface area contributed by atoms with E-state index in [4.69, 9.17) is 4.74 Å². The van der Waals surface area contributed by atoms with Crippen LogP contribution in [0.15, 0.2) is 41.4 Å². The molecule has 1 aromatic carbocycles. The van der Waals surface area contributed by atoms with E-state index in [0.29, 0.717) is 57.0 Å². The molecule has 34 heavy (non-hydrogen) atoms. The number of carbonyl (C=O) groups is 3. The van der Waals surface area contributed by atoms with Gasteiger partial charge in [0.1, 0.15) is 10.7 Å². The smallest absolute Gasteiger partial charge is 0.339 e. The first-order valence-electron chi connectivity index (χ1n) is 11.2. The lowest BCUT2D eigenvalue weighted by Gasteiger charge is -2.35. The summed E-state index contributed by atoms with van der Waals surface area (Å²) >= 11 is 0. The van der Waals surface area contributed by atoms with E-state index in [9.17, 15) is 22.8 Å². The minimum Gasteiger partial charge on any atom is -0.462 e. The van der Waals surface area contributed by atoms with Crippen LogP contribution in [0.5, 0.6) is 0 Å². The number of benzene rings is 1. The number of carbonyl (C=O) groups excluding carboxylic acids is 3. The monoisotopic (exact) mass is 484 g/mol. The highest BCUT2D eigenvalue weighted by Gasteiger charge is 2.49. The number of amides is 2. The second-order valence-corrected chi connectivity index (χ2v) is 10.2. The summed E-state index contributed by atoms with van der Waals surface area (Å²) in [4.78, 5) is 45.4. The Bertz CT molecular complexity index is 1260. The second-order valence-electron chi connectivity index (χ2n) is 8.45. The molecule has 11 heteroatoms. The van der Waals surface area contributed by atoms with Gasteiger partial charge in [-0.05, 0) is 50.1 Å². The summed E-state index contributed by atoms with van der Waals surface area (Å²) in [6, 6.07) is 7.43. The van der Waals surface area contributed by atoms with Crippen molar-refractivity contribution in [3.63, 3.8) is 0 Å². The van der Waals surface area contributed by atoms with E-state index in [-0.39, 0.29) is 28.0 Å². The minimum atomic E-state index is -3.91. The number of esters is 1. The second kappa shape index (κ2) is 8.39. The number of fused-ring (bicyclic) bond motifs is 1. The minimum absolute atomic E-state index is 0.0835. The highest BCUT2D eigenvalue weighted by Crippen LogP contribution is 2.39. The number of ether oxygens (including phenoxy) is 1. The Morgan fingerprint density at radius 2 is 1.76 bits per heavy atom. The maximum Gasteiger partial charge on any atom is 0.339 e. The first kappa shape index (κ1) is 22.3. The Hall–Kier alpha value is -3.47. The Morgan fingerprint density at radius 1 is 1.06 bits per heavy atom. The number of rotatable bonds is 5. The third-order valence-corrected chi connectivity index (χ3v) is 8.10. The molecule has 0 N–H and O–H groups in total. The van der Waals surface area contributed by atoms with Crippen LogP contribution in [0.4, 0.5) is 5.82 Å². The average molecular weight is 485 g/mol. The van der Waals surface area contributed by atoms with Gasteiger partial charge in [-0.25, -0.2) is 22.5 Å². The van der Waals surface area contributed by atoms with Gasteiger partial charge >= 0.3 is 5.97 Å². The number of nitrogens with zero attached hydrogens (tertiary/aromatic N) is 4. The molecular weight excluding hydrogens is 460 g/mol. The first-order chi connectivity index (χ1) is 16.3. The van der Waals surface area contributed by atoms with E-state index in [1.54, 1.807) is 24.0 Å². The van der Waals surface area contributed by atoms with Crippen molar-refractivity contribution in [2.24, 2.45) is 0 Å². The number of piperazine rings is 1. The van der Waals surface area contributed by atoms with Gasteiger partial charge < -0.3 is 14.5 Å². The SMILES string of the molecule is CCOC(=O)c1ccc(N2CCN(C(=O)c3ccc4c(c3)S(=O)(=O)N(C3CC3)C4=O)CC2)nc1. The largest absolute Gasteiger partial charge is 0.462 e. The number of pyridine rings is 1. The van der Waals surface area contributed by atoms with Crippen molar-refractivity contribution >= 4 is 33.6 Å². The van der Waals surface area contributed by atoms with Crippen molar-refractivity contribution in [1.29, 1.82) is 0 Å². The third kappa shape index (κ3) is 3.79. The van der Waals surface area contributed by atoms with Crippen molar-refractivity contribution in [2.45, 2.75) is 30.7 Å². The van der Waals surface area contributed by atoms with Crippen molar-refractivity contribution in [1.82, 2.24) is 14.2 Å². The van der Waals surface area contributed by atoms with E-state index in [2.05, 4.69) is 4.98 Å². The van der Waals surface area contributed by atoms with Gasteiger partial charge in [-0.15, -0.1) is 0 Å². The van der Waals surface area contributed by atoms with Gasteiger partial charge in [0.2, 0.25) is 0 Å². The maximum atomic E-state index is 13.1. The molecule has 2 aliphatic heterocycles. The molecule has 0 radical (unpaired) electrons. The normalized spacial score (nSPS) is 19.2. The predicted octanol–water partition coefficient (Wildman–Crippen LogP) is 1.53. The molecule has 1 saturated carbocycles. The molecular formula is C23H24N4O6S. The lowest BCUT2D eigenvalue weighted by Crippen LogP contribution is -2.49. The standard InChI is InChI=1S/C23H24N4O6S/c1-2-33-23(30)16-4-8-20(24-14-16)25-9-11-26(12-10-25)21(28)15-3-7-18-19(13-15)34(31,32)27(22(18)29)17-5-6-17/h3-4,7-8,13-14,17H,2,5-6,9-12H2,1H3. The van der Waals surface area contributed by atoms with Gasteiger partial charge in [-0.3, -0.25) is 9.59 Å². The summed E-state index contributed by atoms with van der Waals surface area (Å²) in [7, 11) is -3.91. The Labute approximate surface area is 197 Å². The molecule has 178 valence electrons. The van der Waals surface area contributed by atoms with Crippen LogP contribution in [0, 0.1) is 0 Å². The Balaban J connectivity index is 1.26. The molecule has 1 saturated heterocycles. The molecule has 0 atom stereocenters. The molecule has 2 amide bonds. The van der Waals surface area contributed by atoms with Gasteiger partial charge in [0.15, 0.2) is 0 Å². The van der Waals surface area contributed by atoms with Crippen molar-refractivity contribution in [2.75, 3.05) is 37.7 Å². The zero-order valence-electron chi connectivity index (χ0n) is 18.6. The summed E-state index contributed by atoms with van der Waals surface area (Å²) < 4.78 is 31.7. The summed E-state index contributed by atoms with van der Waals surface area (Å²) in [5.41, 5.74) is 0.758. The van der Waals surface area contributed by atoms with Gasteiger partial charge in [0.05, 0.1) is 17.7 Å². The van der Waals surface area contributed by atoms with Crippen LogP contribution < -0.4 is 4.90 Å². The quantitative estimate of drug-likeness (QED) is 0.587. The van der Waals surface area contributed by atoms with Crippen LogP contribution in [-0.4, -0.2) is 79.2 Å². The number of sulfonamides is 1. The number of anilines is 1. The molecule has 2 aromatic rings. The number of aromatic nitrogens is 1. The summed E-state index contributed by atoms with van der Waals surface area (Å²) in [5.74, 6) is -0.509. The number of hydrogen-bond acceptors (Lipinski definition) is 8. The van der Waals surface area contributed by atoms with Crippen molar-refractivity contribution < 1.29 is 27.5 Å². The van der Waals surface area contributed by atoms with E-state index >= 15 is 0 Å². The van der Waals surface area contributed by atoms with Crippen LogP contribution in [-0.2, 0) is 14.8 Å². The highest BCUT2D eigenvalue weighted by molar-refractivity contribution is 7.90. The average Bonchev–Trinajstić information content (AvgIpc) is 3.65. The summed E-state index contributed by atoms with van der Waals surface area (Å²) in [6.45, 7) is 3.96. The fourth-order valence-electron chi connectivity index (χ4n) is 4.28. The van der Waals surface area contributed by atoms with Crippen molar-refractivity contribution in [3.05, 3.63) is 53.2 Å². The Morgan fingerprint density at radius 3 is 2.38 bits per heavy atom. The molecule has 1 aromatic heterocycles. The fourth-order valence-corrected chi connectivity index (χ4v) is 6.12. The van der Waals surface area contributed by atoms with E-state index in [1.165, 1.54) is 24.4 Å². The van der Waals surface area contributed by atoms with Gasteiger partial charge in [-0.2, -0.15) is 0 Å². The molecule has 10 nitrogen and oxygen atoms in total. The highest BCUT2D eigenvalue weighted by atomic mass is 32.2. The first-order valence-corrected chi connectivity index (χ1v) is 12.7. The van der Waals surface area contributed by atoms with Gasteiger partial charge in [0, 0.05) is 44.0 Å². The summed E-state index contributed by atoms with van der Waals surface area (Å²) in [5, 5.41) is 0. The van der Waals surface area contributed by atoms with Gasteiger partial charge in [0.25, 0.3) is 21.8 Å². The third-order valence-electron chi connectivity index (χ3n) is 6.22. The van der Waals surface area contributed by atoms with E-state index in [1.807, 2.05) is 4.90 Å². The fraction of sp³-hybridized carbons (Fsp3) is 0.391. The molecule has 0 bridgehead atoms. The maximum absolute atomic E-state index is 13.1. The van der Waals surface area contributed by atoms with Gasteiger partial charge in [-0.1, -0.05) is 0 Å². The predicted molar refractivity (Wildman–Crippen MR) is 121 cm³/mol. The topological polar surface area (TPSA) is 117 Å².